The maximum atomic E-state index is 5.67. The molecule has 2 N–H and O–H groups in total. The molecule has 0 atom stereocenters. The van der Waals surface area contributed by atoms with E-state index < -0.39 is 0 Å². The molecule has 0 spiro atoms. The first-order valence-electron chi connectivity index (χ1n) is 6.00. The minimum Gasteiger partial charge on any atom is -0.326 e. The molecule has 0 unspecified atom stereocenters. The van der Waals surface area contributed by atoms with Gasteiger partial charge in [-0.1, -0.05) is 0 Å². The van der Waals surface area contributed by atoms with Gasteiger partial charge in [-0.25, -0.2) is 9.67 Å². The maximum absolute atomic E-state index is 5.67. The van der Waals surface area contributed by atoms with Crippen LogP contribution in [0, 0.1) is 6.92 Å². The number of aromatic nitrogens is 3. The highest BCUT2D eigenvalue weighted by Crippen LogP contribution is 2.38. The molecule has 88 valence electrons. The maximum Gasteiger partial charge on any atom is 0.153 e. The van der Waals surface area contributed by atoms with Crippen molar-refractivity contribution < 1.29 is 0 Å². The third kappa shape index (κ3) is 2.08. The zero-order valence-corrected chi connectivity index (χ0v) is 9.93. The predicted octanol–water partition coefficient (Wildman–Crippen LogP) is 1.91. The Labute approximate surface area is 100 Å². The molecule has 2 heterocycles. The molecular formula is C13H16N4. The van der Waals surface area contributed by atoms with Crippen LogP contribution in [0.1, 0.15) is 35.7 Å². The molecule has 2 aromatic heterocycles. The van der Waals surface area contributed by atoms with Gasteiger partial charge in [-0.05, 0) is 43.5 Å². The third-order valence-electron chi connectivity index (χ3n) is 3.08. The van der Waals surface area contributed by atoms with E-state index in [1.165, 1.54) is 18.5 Å². The Bertz CT molecular complexity index is 540. The first-order valence-corrected chi connectivity index (χ1v) is 6.00. The van der Waals surface area contributed by atoms with Gasteiger partial charge in [0.15, 0.2) is 5.82 Å². The lowest BCUT2D eigenvalue weighted by Gasteiger charge is -2.05. The summed E-state index contributed by atoms with van der Waals surface area (Å²) in [6.45, 7) is 2.51. The van der Waals surface area contributed by atoms with Crippen LogP contribution in [0.5, 0.6) is 0 Å². The van der Waals surface area contributed by atoms with Gasteiger partial charge in [0.1, 0.15) is 0 Å². The average Bonchev–Trinajstić information content (AvgIpc) is 3.06. The largest absolute Gasteiger partial charge is 0.326 e. The summed E-state index contributed by atoms with van der Waals surface area (Å²) in [5, 5.41) is 4.57. The van der Waals surface area contributed by atoms with Gasteiger partial charge in [-0.3, -0.25) is 0 Å². The lowest BCUT2D eigenvalue weighted by molar-refractivity contribution is 0.804. The molecule has 0 aliphatic heterocycles. The van der Waals surface area contributed by atoms with Crippen molar-refractivity contribution in [3.63, 3.8) is 0 Å². The summed E-state index contributed by atoms with van der Waals surface area (Å²) in [5.41, 5.74) is 8.93. The molecular weight excluding hydrogens is 212 g/mol. The van der Waals surface area contributed by atoms with Crippen molar-refractivity contribution in [1.82, 2.24) is 14.8 Å². The Morgan fingerprint density at radius 1 is 1.41 bits per heavy atom. The number of pyridine rings is 1. The van der Waals surface area contributed by atoms with E-state index in [1.807, 2.05) is 29.9 Å². The number of nitrogens with two attached hydrogens (primary N) is 1. The average molecular weight is 228 g/mol. The van der Waals surface area contributed by atoms with Crippen LogP contribution in [-0.4, -0.2) is 14.8 Å². The normalized spacial score (nSPS) is 15.2. The molecule has 1 aliphatic carbocycles. The minimum absolute atomic E-state index is 0.535. The van der Waals surface area contributed by atoms with E-state index >= 15 is 0 Å². The molecule has 2 aromatic rings. The van der Waals surface area contributed by atoms with Crippen molar-refractivity contribution in [3.05, 3.63) is 41.3 Å². The number of aryl methyl sites for hydroxylation is 1. The first-order chi connectivity index (χ1) is 8.26. The molecule has 17 heavy (non-hydrogen) atoms. The summed E-state index contributed by atoms with van der Waals surface area (Å²) in [4.78, 5) is 4.49. The zero-order chi connectivity index (χ0) is 11.8. The molecule has 4 nitrogen and oxygen atoms in total. The van der Waals surface area contributed by atoms with Gasteiger partial charge in [0.25, 0.3) is 0 Å². The van der Waals surface area contributed by atoms with Gasteiger partial charge in [0.2, 0.25) is 0 Å². The molecule has 1 fully saturated rings. The fourth-order valence-corrected chi connectivity index (χ4v) is 2.02. The van der Waals surface area contributed by atoms with Crippen LogP contribution in [0.3, 0.4) is 0 Å². The second-order valence-electron chi connectivity index (χ2n) is 4.64. The van der Waals surface area contributed by atoms with Gasteiger partial charge < -0.3 is 5.73 Å². The van der Waals surface area contributed by atoms with Crippen LogP contribution in [-0.2, 0) is 6.54 Å². The van der Waals surface area contributed by atoms with Crippen molar-refractivity contribution in [1.29, 1.82) is 0 Å². The molecule has 1 saturated carbocycles. The molecule has 0 amide bonds. The van der Waals surface area contributed by atoms with E-state index in [0.717, 1.165) is 17.1 Å². The predicted molar refractivity (Wildman–Crippen MR) is 66.0 cm³/mol. The SMILES string of the molecule is Cc1cc(CN)cc(-n2ccc(C3CC3)n2)n1. The van der Waals surface area contributed by atoms with Gasteiger partial charge in [0.05, 0.1) is 5.69 Å². The lowest BCUT2D eigenvalue weighted by Crippen LogP contribution is -2.04. The molecule has 4 heteroatoms. The molecule has 3 rings (SSSR count). The van der Waals surface area contributed by atoms with Crippen molar-refractivity contribution in [2.24, 2.45) is 5.73 Å². The third-order valence-corrected chi connectivity index (χ3v) is 3.08. The summed E-state index contributed by atoms with van der Waals surface area (Å²) in [7, 11) is 0. The zero-order valence-electron chi connectivity index (χ0n) is 9.93. The van der Waals surface area contributed by atoms with E-state index in [0.29, 0.717) is 12.5 Å². The lowest BCUT2D eigenvalue weighted by atomic mass is 10.2. The second-order valence-corrected chi connectivity index (χ2v) is 4.64. The molecule has 0 bridgehead atoms. The van der Waals surface area contributed by atoms with Crippen LogP contribution in [0.2, 0.25) is 0 Å². The van der Waals surface area contributed by atoms with E-state index in [9.17, 15) is 0 Å². The van der Waals surface area contributed by atoms with Crippen molar-refractivity contribution in [2.45, 2.75) is 32.2 Å². The van der Waals surface area contributed by atoms with E-state index in [1.54, 1.807) is 0 Å². The second kappa shape index (κ2) is 3.96. The van der Waals surface area contributed by atoms with Crippen LogP contribution < -0.4 is 5.73 Å². The topological polar surface area (TPSA) is 56.7 Å². The standard InChI is InChI=1S/C13H16N4/c1-9-6-10(8-14)7-13(15-9)17-5-4-12(16-17)11-2-3-11/h4-7,11H,2-3,8,14H2,1H3. The van der Waals surface area contributed by atoms with E-state index in [2.05, 4.69) is 16.1 Å². The summed E-state index contributed by atoms with van der Waals surface area (Å²) >= 11 is 0. The minimum atomic E-state index is 0.535. The van der Waals surface area contributed by atoms with Gasteiger partial charge in [0, 0.05) is 24.4 Å². The van der Waals surface area contributed by atoms with Crippen LogP contribution in [0.25, 0.3) is 5.82 Å². The summed E-state index contributed by atoms with van der Waals surface area (Å²) in [6, 6.07) is 6.09. The smallest absolute Gasteiger partial charge is 0.153 e. The number of hydrogen-bond acceptors (Lipinski definition) is 3. The van der Waals surface area contributed by atoms with Crippen molar-refractivity contribution >= 4 is 0 Å². The van der Waals surface area contributed by atoms with E-state index in [-0.39, 0.29) is 0 Å². The molecule has 0 aromatic carbocycles. The quantitative estimate of drug-likeness (QED) is 0.873. The fraction of sp³-hybridized carbons (Fsp3) is 0.385. The highest BCUT2D eigenvalue weighted by molar-refractivity contribution is 5.31. The Morgan fingerprint density at radius 2 is 2.24 bits per heavy atom. The Kier molecular flexibility index (Phi) is 2.44. The molecule has 0 radical (unpaired) electrons. The Morgan fingerprint density at radius 3 is 2.94 bits per heavy atom. The highest BCUT2D eigenvalue weighted by Gasteiger charge is 2.25. The van der Waals surface area contributed by atoms with Gasteiger partial charge in [-0.2, -0.15) is 5.10 Å². The fourth-order valence-electron chi connectivity index (χ4n) is 2.02. The number of rotatable bonds is 3. The molecule has 1 aliphatic rings. The number of hydrogen-bond donors (Lipinski definition) is 1. The van der Waals surface area contributed by atoms with Crippen molar-refractivity contribution in [3.8, 4) is 5.82 Å². The first kappa shape index (κ1) is 10.5. The summed E-state index contributed by atoms with van der Waals surface area (Å²) in [6.07, 6.45) is 4.52. The Balaban J connectivity index is 1.98. The summed E-state index contributed by atoms with van der Waals surface area (Å²) < 4.78 is 1.85. The van der Waals surface area contributed by atoms with Gasteiger partial charge >= 0.3 is 0 Å². The highest BCUT2D eigenvalue weighted by atomic mass is 15.3. The van der Waals surface area contributed by atoms with Crippen LogP contribution in [0.4, 0.5) is 0 Å². The van der Waals surface area contributed by atoms with E-state index in [4.69, 9.17) is 5.73 Å². The summed E-state index contributed by atoms with van der Waals surface area (Å²) in [5.74, 6) is 1.53. The van der Waals surface area contributed by atoms with Crippen molar-refractivity contribution in [2.75, 3.05) is 0 Å². The van der Waals surface area contributed by atoms with Crippen LogP contribution in [0.15, 0.2) is 24.4 Å². The van der Waals surface area contributed by atoms with Crippen LogP contribution >= 0.6 is 0 Å². The number of nitrogens with zero attached hydrogens (tertiary/aromatic N) is 3. The Hall–Kier alpha value is -1.68. The van der Waals surface area contributed by atoms with Gasteiger partial charge in [-0.15, -0.1) is 0 Å². The monoisotopic (exact) mass is 228 g/mol. The molecule has 0 saturated heterocycles.